The highest BCUT2D eigenvalue weighted by atomic mass is 16.4. The summed E-state index contributed by atoms with van der Waals surface area (Å²) in [7, 11) is 2.26. The molecule has 0 aromatic rings. The number of amides is 1. The average molecular weight is 216 g/mol. The van der Waals surface area contributed by atoms with Gasteiger partial charge in [0.05, 0.1) is 0 Å². The van der Waals surface area contributed by atoms with Crippen LogP contribution in [0.4, 0.5) is 4.79 Å². The Morgan fingerprint density at radius 1 is 1.40 bits per heavy atom. The summed E-state index contributed by atoms with van der Waals surface area (Å²) in [6, 6.07) is 0.802. The van der Waals surface area contributed by atoms with Crippen LogP contribution in [0.1, 0.15) is 40.0 Å². The molecule has 0 aromatic heterocycles. The highest BCUT2D eigenvalue weighted by Crippen LogP contribution is 2.30. The molecule has 0 bridgehead atoms. The quantitative estimate of drug-likeness (QED) is 0.652. The Morgan fingerprint density at radius 2 is 1.87 bits per heavy atom. The number of carboxylic acid groups (broad SMARTS) is 1. The second-order valence-electron chi connectivity index (χ2n) is 5.20. The Hall–Kier alpha value is -0.770. The van der Waals surface area contributed by atoms with E-state index in [-0.39, 0.29) is 0 Å². The van der Waals surface area contributed by atoms with Crippen LogP contribution < -0.4 is 5.73 Å². The molecule has 4 heteroatoms. The monoisotopic (exact) mass is 216 g/mol. The molecule has 0 aliphatic carbocycles. The van der Waals surface area contributed by atoms with Crippen molar-refractivity contribution in [2.45, 2.75) is 46.1 Å². The minimum atomic E-state index is -1.33. The third kappa shape index (κ3) is 6.33. The fraction of sp³-hybridized carbons (Fsp3) is 0.909. The van der Waals surface area contributed by atoms with E-state index < -0.39 is 6.09 Å². The lowest BCUT2D eigenvalue weighted by atomic mass is 9.81. The molecule has 1 atom stereocenters. The van der Waals surface area contributed by atoms with Crippen molar-refractivity contribution in [3.8, 4) is 0 Å². The SMILES string of the molecule is CN1CCCCC1C(C)(C)C.NC(=O)O. The zero-order valence-electron chi connectivity index (χ0n) is 10.3. The van der Waals surface area contributed by atoms with E-state index >= 15 is 0 Å². The van der Waals surface area contributed by atoms with Crippen LogP contribution in [0.15, 0.2) is 0 Å². The molecule has 0 saturated carbocycles. The van der Waals surface area contributed by atoms with E-state index in [4.69, 9.17) is 9.90 Å². The van der Waals surface area contributed by atoms with Crippen molar-refractivity contribution in [3.63, 3.8) is 0 Å². The van der Waals surface area contributed by atoms with Crippen LogP contribution in [-0.4, -0.2) is 35.7 Å². The van der Waals surface area contributed by atoms with Gasteiger partial charge in [0.25, 0.3) is 0 Å². The molecule has 1 heterocycles. The molecule has 1 rings (SSSR count). The number of piperidine rings is 1. The molecule has 1 saturated heterocycles. The zero-order chi connectivity index (χ0) is 12.1. The van der Waals surface area contributed by atoms with Gasteiger partial charge in [-0.3, -0.25) is 0 Å². The lowest BCUT2D eigenvalue weighted by molar-refractivity contribution is 0.0883. The molecule has 0 spiro atoms. The number of nitrogens with two attached hydrogens (primary N) is 1. The first-order chi connectivity index (χ1) is 6.75. The van der Waals surface area contributed by atoms with Gasteiger partial charge < -0.3 is 15.7 Å². The van der Waals surface area contributed by atoms with Crippen LogP contribution in [0, 0.1) is 5.41 Å². The normalized spacial score (nSPS) is 22.8. The summed E-state index contributed by atoms with van der Waals surface area (Å²) < 4.78 is 0. The van der Waals surface area contributed by atoms with Gasteiger partial charge in [0, 0.05) is 6.04 Å². The third-order valence-electron chi connectivity index (χ3n) is 2.77. The van der Waals surface area contributed by atoms with Crippen LogP contribution in [0.5, 0.6) is 0 Å². The van der Waals surface area contributed by atoms with Crippen molar-refractivity contribution in [1.82, 2.24) is 4.90 Å². The van der Waals surface area contributed by atoms with Crippen molar-refractivity contribution >= 4 is 6.09 Å². The van der Waals surface area contributed by atoms with E-state index in [9.17, 15) is 0 Å². The summed E-state index contributed by atoms with van der Waals surface area (Å²) in [4.78, 5) is 11.3. The second-order valence-corrected chi connectivity index (χ2v) is 5.20. The number of likely N-dealkylation sites (tertiary alicyclic amines) is 1. The fourth-order valence-electron chi connectivity index (χ4n) is 2.17. The molecular formula is C11H24N2O2. The number of carbonyl (C=O) groups is 1. The van der Waals surface area contributed by atoms with Gasteiger partial charge in [-0.15, -0.1) is 0 Å². The van der Waals surface area contributed by atoms with E-state index in [0.29, 0.717) is 5.41 Å². The van der Waals surface area contributed by atoms with Gasteiger partial charge >= 0.3 is 6.09 Å². The molecular weight excluding hydrogens is 192 g/mol. The van der Waals surface area contributed by atoms with Gasteiger partial charge in [-0.2, -0.15) is 0 Å². The average Bonchev–Trinajstić information content (AvgIpc) is 2.01. The minimum Gasteiger partial charge on any atom is -0.465 e. The van der Waals surface area contributed by atoms with Crippen LogP contribution in [-0.2, 0) is 0 Å². The number of rotatable bonds is 0. The lowest BCUT2D eigenvalue weighted by Gasteiger charge is -2.41. The fourth-order valence-corrected chi connectivity index (χ4v) is 2.17. The van der Waals surface area contributed by atoms with Crippen LogP contribution in [0.3, 0.4) is 0 Å². The van der Waals surface area contributed by atoms with Crippen LogP contribution in [0.2, 0.25) is 0 Å². The summed E-state index contributed by atoms with van der Waals surface area (Å²) in [5.41, 5.74) is 4.50. The molecule has 1 aliphatic rings. The van der Waals surface area contributed by atoms with E-state index in [1.165, 1.54) is 25.8 Å². The first-order valence-electron chi connectivity index (χ1n) is 5.43. The highest BCUT2D eigenvalue weighted by molar-refractivity contribution is 5.61. The predicted molar refractivity (Wildman–Crippen MR) is 61.9 cm³/mol. The van der Waals surface area contributed by atoms with Crippen LogP contribution in [0.25, 0.3) is 0 Å². The summed E-state index contributed by atoms with van der Waals surface area (Å²) in [6.07, 6.45) is 2.87. The molecule has 0 radical (unpaired) electrons. The molecule has 1 unspecified atom stereocenters. The summed E-state index contributed by atoms with van der Waals surface area (Å²) in [5, 5.41) is 7.19. The first kappa shape index (κ1) is 14.2. The molecule has 0 aromatic carbocycles. The standard InChI is InChI=1S/C10H21N.CH3NO2/c1-10(2,3)9-7-5-6-8-11(9)4;2-1(3)4/h9H,5-8H2,1-4H3;2H2,(H,3,4). The predicted octanol–water partition coefficient (Wildman–Crippen LogP) is 2.14. The summed E-state index contributed by atoms with van der Waals surface area (Å²) >= 11 is 0. The van der Waals surface area contributed by atoms with Gasteiger partial charge in [0.2, 0.25) is 0 Å². The van der Waals surface area contributed by atoms with Crippen LogP contribution >= 0.6 is 0 Å². The summed E-state index contributed by atoms with van der Waals surface area (Å²) in [5.74, 6) is 0. The van der Waals surface area contributed by atoms with E-state index in [0.717, 1.165) is 6.04 Å². The van der Waals surface area contributed by atoms with E-state index in [1.54, 1.807) is 0 Å². The Balaban J connectivity index is 0.000000423. The van der Waals surface area contributed by atoms with Gasteiger partial charge in [0.15, 0.2) is 0 Å². The molecule has 1 amide bonds. The topological polar surface area (TPSA) is 66.6 Å². The number of nitrogens with zero attached hydrogens (tertiary/aromatic N) is 1. The highest BCUT2D eigenvalue weighted by Gasteiger charge is 2.29. The maximum Gasteiger partial charge on any atom is 0.402 e. The third-order valence-corrected chi connectivity index (χ3v) is 2.77. The Labute approximate surface area is 92.4 Å². The minimum absolute atomic E-state index is 0.467. The maximum absolute atomic E-state index is 8.78. The zero-order valence-corrected chi connectivity index (χ0v) is 10.3. The molecule has 4 nitrogen and oxygen atoms in total. The molecule has 3 N–H and O–H groups in total. The number of primary amides is 1. The molecule has 1 aliphatic heterocycles. The van der Waals surface area contributed by atoms with Gasteiger partial charge in [-0.25, -0.2) is 4.79 Å². The first-order valence-corrected chi connectivity index (χ1v) is 5.43. The van der Waals surface area contributed by atoms with E-state index in [1.807, 2.05) is 0 Å². The lowest BCUT2D eigenvalue weighted by Crippen LogP contribution is -2.44. The molecule has 90 valence electrons. The van der Waals surface area contributed by atoms with Crippen molar-refractivity contribution in [3.05, 3.63) is 0 Å². The largest absolute Gasteiger partial charge is 0.465 e. The molecule has 1 fully saturated rings. The number of hydrogen-bond acceptors (Lipinski definition) is 2. The van der Waals surface area contributed by atoms with Crippen molar-refractivity contribution < 1.29 is 9.90 Å². The van der Waals surface area contributed by atoms with E-state index in [2.05, 4.69) is 38.5 Å². The molecule has 15 heavy (non-hydrogen) atoms. The van der Waals surface area contributed by atoms with Gasteiger partial charge in [0.1, 0.15) is 0 Å². The number of hydrogen-bond donors (Lipinski definition) is 2. The second kappa shape index (κ2) is 5.95. The van der Waals surface area contributed by atoms with Crippen molar-refractivity contribution in [2.75, 3.05) is 13.6 Å². The van der Waals surface area contributed by atoms with Crippen molar-refractivity contribution in [2.24, 2.45) is 11.1 Å². The van der Waals surface area contributed by atoms with Gasteiger partial charge in [-0.1, -0.05) is 27.2 Å². The maximum atomic E-state index is 8.78. The van der Waals surface area contributed by atoms with Crippen molar-refractivity contribution in [1.29, 1.82) is 0 Å². The van der Waals surface area contributed by atoms with Gasteiger partial charge in [-0.05, 0) is 31.8 Å². The Kier molecular flexibility index (Phi) is 5.65. The smallest absolute Gasteiger partial charge is 0.402 e. The Bertz CT molecular complexity index is 195. The summed E-state index contributed by atoms with van der Waals surface area (Å²) in [6.45, 7) is 8.33. The Morgan fingerprint density at radius 3 is 2.13 bits per heavy atom.